The van der Waals surface area contributed by atoms with Crippen LogP contribution in [0.15, 0.2) is 10.7 Å². The van der Waals surface area contributed by atoms with Gasteiger partial charge in [-0.15, -0.1) is 0 Å². The zero-order valence-electron chi connectivity index (χ0n) is 16.6. The third-order valence-corrected chi connectivity index (χ3v) is 5.44. The first-order chi connectivity index (χ1) is 12.5. The third-order valence-electron chi connectivity index (χ3n) is 5.44. The minimum Gasteiger partial charge on any atom is -0.446 e. The van der Waals surface area contributed by atoms with Crippen LogP contribution < -0.4 is 5.32 Å². The quantitative estimate of drug-likeness (QED) is 0.760. The van der Waals surface area contributed by atoms with Crippen LogP contribution in [0.4, 0.5) is 0 Å². The highest BCUT2D eigenvalue weighted by Gasteiger charge is 2.29. The third kappa shape index (κ3) is 5.32. The van der Waals surface area contributed by atoms with E-state index in [1.807, 2.05) is 18.7 Å². The Bertz CT molecular complexity index is 593. The fourth-order valence-corrected chi connectivity index (χ4v) is 3.29. The van der Waals surface area contributed by atoms with Gasteiger partial charge in [0.1, 0.15) is 6.26 Å². The number of hydrogen-bond donors (Lipinski definition) is 1. The van der Waals surface area contributed by atoms with E-state index in [2.05, 4.69) is 24.1 Å². The molecule has 0 saturated heterocycles. The van der Waals surface area contributed by atoms with Gasteiger partial charge < -0.3 is 14.6 Å². The van der Waals surface area contributed by atoms with Crippen LogP contribution in [0.1, 0.15) is 89.0 Å². The normalized spacial score (nSPS) is 17.5. The largest absolute Gasteiger partial charge is 0.446 e. The molecule has 0 aliphatic heterocycles. The van der Waals surface area contributed by atoms with Crippen molar-refractivity contribution in [3.8, 4) is 0 Å². The molecule has 1 fully saturated rings. The maximum absolute atomic E-state index is 13.0. The van der Waals surface area contributed by atoms with E-state index in [1.165, 1.54) is 12.7 Å². The lowest BCUT2D eigenvalue weighted by molar-refractivity contribution is -0.139. The van der Waals surface area contributed by atoms with E-state index in [0.717, 1.165) is 38.5 Å². The number of amides is 2. The molecule has 1 heterocycles. The molecule has 6 heteroatoms. The smallest absolute Gasteiger partial charge is 0.273 e. The van der Waals surface area contributed by atoms with Gasteiger partial charge in [0.25, 0.3) is 5.91 Å². The molecular weight excluding hydrogens is 330 g/mol. The zero-order valence-corrected chi connectivity index (χ0v) is 16.6. The van der Waals surface area contributed by atoms with Gasteiger partial charge in [0.05, 0.1) is 6.54 Å². The van der Waals surface area contributed by atoms with Gasteiger partial charge in [-0.05, 0) is 39.5 Å². The number of rotatable bonds is 8. The Morgan fingerprint density at radius 1 is 1.23 bits per heavy atom. The van der Waals surface area contributed by atoms with Crippen molar-refractivity contribution < 1.29 is 14.0 Å². The standard InChI is InChI=1S/C20H33N3O3/c1-5-14(3)21-19(24)17-13-26-18(22-17)12-23(15(4)6-2)20(25)16-10-8-7-9-11-16/h13-16H,5-12H2,1-4H3,(H,21,24). The summed E-state index contributed by atoms with van der Waals surface area (Å²) in [6.07, 6.45) is 8.54. The van der Waals surface area contributed by atoms with Crippen molar-refractivity contribution in [2.75, 3.05) is 0 Å². The summed E-state index contributed by atoms with van der Waals surface area (Å²) in [5, 5.41) is 2.88. The lowest BCUT2D eigenvalue weighted by atomic mass is 9.88. The van der Waals surface area contributed by atoms with Gasteiger partial charge in [0.2, 0.25) is 11.8 Å². The van der Waals surface area contributed by atoms with Crippen molar-refractivity contribution in [3.05, 3.63) is 17.8 Å². The van der Waals surface area contributed by atoms with E-state index >= 15 is 0 Å². The number of nitrogens with one attached hydrogen (secondary N) is 1. The van der Waals surface area contributed by atoms with Crippen LogP contribution in [0.2, 0.25) is 0 Å². The van der Waals surface area contributed by atoms with Crippen LogP contribution in [0, 0.1) is 5.92 Å². The molecule has 146 valence electrons. The molecule has 0 bridgehead atoms. The number of aromatic nitrogens is 1. The second-order valence-corrected chi connectivity index (χ2v) is 7.47. The van der Waals surface area contributed by atoms with Gasteiger partial charge in [0.15, 0.2) is 5.69 Å². The predicted octanol–water partition coefficient (Wildman–Crippen LogP) is 3.91. The molecule has 0 radical (unpaired) electrons. The highest BCUT2D eigenvalue weighted by molar-refractivity contribution is 5.92. The van der Waals surface area contributed by atoms with Crippen LogP contribution >= 0.6 is 0 Å². The van der Waals surface area contributed by atoms with E-state index in [-0.39, 0.29) is 35.5 Å². The fourth-order valence-electron chi connectivity index (χ4n) is 3.29. The summed E-state index contributed by atoms with van der Waals surface area (Å²) >= 11 is 0. The van der Waals surface area contributed by atoms with Crippen LogP contribution in [0.3, 0.4) is 0 Å². The second-order valence-electron chi connectivity index (χ2n) is 7.47. The summed E-state index contributed by atoms with van der Waals surface area (Å²) in [5.41, 5.74) is 0.273. The summed E-state index contributed by atoms with van der Waals surface area (Å²) in [4.78, 5) is 31.4. The molecule has 1 N–H and O–H groups in total. The van der Waals surface area contributed by atoms with Gasteiger partial charge in [-0.3, -0.25) is 9.59 Å². The van der Waals surface area contributed by atoms with E-state index in [0.29, 0.717) is 12.4 Å². The monoisotopic (exact) mass is 363 g/mol. The molecule has 1 aliphatic carbocycles. The second kappa shape index (κ2) is 9.74. The highest BCUT2D eigenvalue weighted by atomic mass is 16.3. The van der Waals surface area contributed by atoms with E-state index < -0.39 is 0 Å². The molecule has 1 aromatic heterocycles. The summed E-state index contributed by atoms with van der Waals surface area (Å²) in [7, 11) is 0. The first kappa shape index (κ1) is 20.5. The Morgan fingerprint density at radius 3 is 2.54 bits per heavy atom. The average molecular weight is 364 g/mol. The number of carbonyl (C=O) groups is 2. The molecule has 2 unspecified atom stereocenters. The Kier molecular flexibility index (Phi) is 7.66. The van der Waals surface area contributed by atoms with Gasteiger partial charge in [-0.25, -0.2) is 4.98 Å². The molecule has 6 nitrogen and oxygen atoms in total. The summed E-state index contributed by atoms with van der Waals surface area (Å²) in [6, 6.07) is 0.209. The fraction of sp³-hybridized carbons (Fsp3) is 0.750. The molecule has 2 rings (SSSR count). The summed E-state index contributed by atoms with van der Waals surface area (Å²) in [6.45, 7) is 8.42. The van der Waals surface area contributed by atoms with Crippen molar-refractivity contribution in [2.24, 2.45) is 5.92 Å². The number of carbonyl (C=O) groups excluding carboxylic acids is 2. The van der Waals surface area contributed by atoms with Crippen LogP contribution in [-0.4, -0.2) is 33.8 Å². The Morgan fingerprint density at radius 2 is 1.92 bits per heavy atom. The maximum atomic E-state index is 13.0. The van der Waals surface area contributed by atoms with Crippen LogP contribution in [0.25, 0.3) is 0 Å². The van der Waals surface area contributed by atoms with Gasteiger partial charge in [-0.1, -0.05) is 33.1 Å². The van der Waals surface area contributed by atoms with E-state index in [4.69, 9.17) is 4.42 Å². The molecule has 1 aliphatic rings. The molecule has 1 aromatic rings. The average Bonchev–Trinajstić information content (AvgIpc) is 3.14. The van der Waals surface area contributed by atoms with Gasteiger partial charge in [-0.2, -0.15) is 0 Å². The lowest BCUT2D eigenvalue weighted by Crippen LogP contribution is -2.42. The summed E-state index contributed by atoms with van der Waals surface area (Å²) < 4.78 is 5.50. The van der Waals surface area contributed by atoms with Crippen molar-refractivity contribution >= 4 is 11.8 Å². The van der Waals surface area contributed by atoms with Crippen molar-refractivity contribution in [1.29, 1.82) is 0 Å². The van der Waals surface area contributed by atoms with Crippen molar-refractivity contribution in [1.82, 2.24) is 15.2 Å². The number of nitrogens with zero attached hydrogens (tertiary/aromatic N) is 2. The lowest BCUT2D eigenvalue weighted by Gasteiger charge is -2.32. The molecular formula is C20H33N3O3. The molecule has 0 spiro atoms. The minimum absolute atomic E-state index is 0.0899. The minimum atomic E-state index is -0.233. The molecule has 2 amide bonds. The highest BCUT2D eigenvalue weighted by Crippen LogP contribution is 2.27. The SMILES string of the molecule is CCC(C)NC(=O)c1coc(CN(C(=O)C2CCCCC2)C(C)CC)n1. The summed E-state index contributed by atoms with van der Waals surface area (Å²) in [5.74, 6) is 0.496. The molecule has 0 aromatic carbocycles. The Labute approximate surface area is 156 Å². The van der Waals surface area contributed by atoms with Crippen LogP contribution in [-0.2, 0) is 11.3 Å². The molecule has 1 saturated carbocycles. The first-order valence-electron chi connectivity index (χ1n) is 10.0. The van der Waals surface area contributed by atoms with Gasteiger partial charge >= 0.3 is 0 Å². The molecule has 26 heavy (non-hydrogen) atoms. The Hall–Kier alpha value is -1.85. The van der Waals surface area contributed by atoms with Crippen LogP contribution in [0.5, 0.6) is 0 Å². The number of oxazole rings is 1. The van der Waals surface area contributed by atoms with E-state index in [9.17, 15) is 9.59 Å². The molecule has 2 atom stereocenters. The topological polar surface area (TPSA) is 75.4 Å². The van der Waals surface area contributed by atoms with E-state index in [1.54, 1.807) is 0 Å². The predicted molar refractivity (Wildman–Crippen MR) is 101 cm³/mol. The van der Waals surface area contributed by atoms with Gasteiger partial charge in [0, 0.05) is 18.0 Å². The maximum Gasteiger partial charge on any atom is 0.273 e. The zero-order chi connectivity index (χ0) is 19.1. The first-order valence-corrected chi connectivity index (χ1v) is 10.0. The number of hydrogen-bond acceptors (Lipinski definition) is 4. The van der Waals surface area contributed by atoms with Crippen molar-refractivity contribution in [2.45, 2.75) is 91.3 Å². The Balaban J connectivity index is 2.06. The van der Waals surface area contributed by atoms with Crippen molar-refractivity contribution in [3.63, 3.8) is 0 Å².